The quantitative estimate of drug-likeness (QED) is 0.298. The number of ether oxygens (including phenoxy) is 1. The first-order chi connectivity index (χ1) is 12.3. The summed E-state index contributed by atoms with van der Waals surface area (Å²) in [6, 6.07) is 10.7. The minimum absolute atomic E-state index is 0.126. The van der Waals surface area contributed by atoms with Crippen LogP contribution in [0.2, 0.25) is 0 Å². The largest absolute Gasteiger partial charge is 0.452 e. The molecule has 0 aliphatic rings. The molecule has 0 heterocycles. The molecule has 1 N–H and O–H groups in total. The van der Waals surface area contributed by atoms with Crippen molar-refractivity contribution in [1.29, 1.82) is 0 Å². The molecule has 2 rings (SSSR count). The molecule has 0 fully saturated rings. The van der Waals surface area contributed by atoms with Gasteiger partial charge in [-0.15, -0.1) is 0 Å². The van der Waals surface area contributed by atoms with Gasteiger partial charge in [-0.05, 0) is 64.4 Å². The Hall–Kier alpha value is -2.49. The van der Waals surface area contributed by atoms with E-state index in [-0.39, 0.29) is 17.2 Å². The first kappa shape index (κ1) is 19.8. The highest BCUT2D eigenvalue weighted by Gasteiger charge is 2.14. The van der Waals surface area contributed by atoms with E-state index in [2.05, 4.69) is 27.9 Å². The maximum absolute atomic E-state index is 12.1. The summed E-state index contributed by atoms with van der Waals surface area (Å²) in [5.41, 5.74) is 1.68. The molecule has 0 saturated heterocycles. The Kier molecular flexibility index (Phi) is 6.67. The Morgan fingerprint density at radius 1 is 1.19 bits per heavy atom. The summed E-state index contributed by atoms with van der Waals surface area (Å²) in [6.07, 6.45) is 0. The van der Waals surface area contributed by atoms with Crippen LogP contribution in [-0.4, -0.2) is 23.4 Å². The Balaban J connectivity index is 1.96. The van der Waals surface area contributed by atoms with Crippen LogP contribution in [0.1, 0.15) is 35.7 Å². The lowest BCUT2D eigenvalue weighted by atomic mass is 10.0. The smallest absolute Gasteiger partial charge is 0.338 e. The zero-order valence-electron chi connectivity index (χ0n) is 14.2. The summed E-state index contributed by atoms with van der Waals surface area (Å²) in [5, 5.41) is 13.3. The number of carbonyl (C=O) groups excluding carboxylic acids is 2. The number of nitrogens with zero attached hydrogens (tertiary/aromatic N) is 1. The van der Waals surface area contributed by atoms with E-state index >= 15 is 0 Å². The second-order valence-electron chi connectivity index (χ2n) is 5.81. The number of rotatable bonds is 6. The van der Waals surface area contributed by atoms with E-state index in [0.717, 1.165) is 9.13 Å². The van der Waals surface area contributed by atoms with Crippen LogP contribution in [0.5, 0.6) is 0 Å². The maximum Gasteiger partial charge on any atom is 0.338 e. The third-order valence-electron chi connectivity index (χ3n) is 3.56. The van der Waals surface area contributed by atoms with Crippen molar-refractivity contribution >= 4 is 45.8 Å². The number of halogens is 1. The number of amides is 1. The van der Waals surface area contributed by atoms with E-state index in [1.807, 2.05) is 32.0 Å². The normalized spacial score (nSPS) is 10.5. The average molecular weight is 468 g/mol. The van der Waals surface area contributed by atoms with Gasteiger partial charge in [-0.1, -0.05) is 13.8 Å². The van der Waals surface area contributed by atoms with Crippen molar-refractivity contribution in [3.63, 3.8) is 0 Å². The van der Waals surface area contributed by atoms with Gasteiger partial charge < -0.3 is 10.1 Å². The van der Waals surface area contributed by atoms with Crippen LogP contribution in [0.15, 0.2) is 42.5 Å². The summed E-state index contributed by atoms with van der Waals surface area (Å²) in [6.45, 7) is 3.60. The topological polar surface area (TPSA) is 98.5 Å². The standard InChI is InChI=1S/C18H17IN2O5/c1-11(2)15-9-13(19)5-8-16(15)20-17(22)10-26-18(23)12-3-6-14(7-4-12)21(24)25/h3-9,11H,10H2,1-2H3,(H,20,22). The predicted octanol–water partition coefficient (Wildman–Crippen LogP) is 4.12. The van der Waals surface area contributed by atoms with Crippen molar-refractivity contribution in [3.8, 4) is 0 Å². The molecule has 0 bridgehead atoms. The Morgan fingerprint density at radius 3 is 2.42 bits per heavy atom. The average Bonchev–Trinajstić information content (AvgIpc) is 2.61. The lowest BCUT2D eigenvalue weighted by Gasteiger charge is -2.14. The van der Waals surface area contributed by atoms with Gasteiger partial charge in [0.15, 0.2) is 6.61 Å². The molecule has 0 aliphatic heterocycles. The zero-order chi connectivity index (χ0) is 19.3. The second-order valence-corrected chi connectivity index (χ2v) is 7.06. The first-order valence-corrected chi connectivity index (χ1v) is 8.86. The molecule has 136 valence electrons. The highest BCUT2D eigenvalue weighted by Crippen LogP contribution is 2.26. The predicted molar refractivity (Wildman–Crippen MR) is 105 cm³/mol. The lowest BCUT2D eigenvalue weighted by molar-refractivity contribution is -0.384. The maximum atomic E-state index is 12.1. The zero-order valence-corrected chi connectivity index (χ0v) is 16.3. The van der Waals surface area contributed by atoms with Gasteiger partial charge in [0.25, 0.3) is 11.6 Å². The number of nitro groups is 1. The van der Waals surface area contributed by atoms with Crippen LogP contribution in [0.4, 0.5) is 11.4 Å². The fraction of sp³-hybridized carbons (Fsp3) is 0.222. The third-order valence-corrected chi connectivity index (χ3v) is 4.23. The molecule has 2 aromatic carbocycles. The molecule has 26 heavy (non-hydrogen) atoms. The fourth-order valence-electron chi connectivity index (χ4n) is 2.25. The second kappa shape index (κ2) is 8.75. The van der Waals surface area contributed by atoms with Gasteiger partial charge in [0, 0.05) is 21.4 Å². The van der Waals surface area contributed by atoms with Crippen LogP contribution in [0.3, 0.4) is 0 Å². The lowest BCUT2D eigenvalue weighted by Crippen LogP contribution is -2.21. The molecule has 0 unspecified atom stereocenters. The van der Waals surface area contributed by atoms with Crippen molar-refractivity contribution in [1.82, 2.24) is 0 Å². The fourth-order valence-corrected chi connectivity index (χ4v) is 2.76. The van der Waals surface area contributed by atoms with Crippen molar-refractivity contribution in [2.75, 3.05) is 11.9 Å². The number of non-ortho nitro benzene ring substituents is 1. The number of nitrogens with one attached hydrogen (secondary N) is 1. The van der Waals surface area contributed by atoms with Gasteiger partial charge in [0.1, 0.15) is 0 Å². The number of carbonyl (C=O) groups is 2. The highest BCUT2D eigenvalue weighted by molar-refractivity contribution is 14.1. The van der Waals surface area contributed by atoms with Gasteiger partial charge in [-0.2, -0.15) is 0 Å². The van der Waals surface area contributed by atoms with Crippen molar-refractivity contribution in [2.24, 2.45) is 0 Å². The highest BCUT2D eigenvalue weighted by atomic mass is 127. The first-order valence-electron chi connectivity index (χ1n) is 7.79. The molecule has 8 heteroatoms. The molecule has 0 saturated carbocycles. The van der Waals surface area contributed by atoms with Gasteiger partial charge in [0.05, 0.1) is 10.5 Å². The summed E-state index contributed by atoms with van der Waals surface area (Å²) >= 11 is 2.20. The van der Waals surface area contributed by atoms with Crippen molar-refractivity contribution < 1.29 is 19.2 Å². The van der Waals surface area contributed by atoms with Gasteiger partial charge in [-0.3, -0.25) is 14.9 Å². The number of benzene rings is 2. The number of esters is 1. The van der Waals surface area contributed by atoms with Crippen LogP contribution in [-0.2, 0) is 9.53 Å². The molecule has 1 amide bonds. The SMILES string of the molecule is CC(C)c1cc(I)ccc1NC(=O)COC(=O)c1ccc([N+](=O)[O-])cc1. The van der Waals surface area contributed by atoms with Gasteiger partial charge >= 0.3 is 5.97 Å². The number of hydrogen-bond donors (Lipinski definition) is 1. The van der Waals surface area contributed by atoms with Crippen molar-refractivity contribution in [2.45, 2.75) is 19.8 Å². The molecule has 0 aliphatic carbocycles. The van der Waals surface area contributed by atoms with E-state index in [1.54, 1.807) is 0 Å². The van der Waals surface area contributed by atoms with Crippen LogP contribution in [0, 0.1) is 13.7 Å². The molecule has 0 aromatic heterocycles. The van der Waals surface area contributed by atoms with Crippen LogP contribution < -0.4 is 5.32 Å². The van der Waals surface area contributed by atoms with Crippen LogP contribution in [0.25, 0.3) is 0 Å². The monoisotopic (exact) mass is 468 g/mol. The summed E-state index contributed by atoms with van der Waals surface area (Å²) in [5.74, 6) is -0.951. The summed E-state index contributed by atoms with van der Waals surface area (Å²) in [7, 11) is 0. The summed E-state index contributed by atoms with van der Waals surface area (Å²) < 4.78 is 6.03. The minimum Gasteiger partial charge on any atom is -0.452 e. The minimum atomic E-state index is -0.721. The van der Waals surface area contributed by atoms with Crippen molar-refractivity contribution in [3.05, 3.63) is 67.3 Å². The Morgan fingerprint density at radius 2 is 1.85 bits per heavy atom. The van der Waals surface area contributed by atoms with E-state index in [1.165, 1.54) is 24.3 Å². The molecule has 0 spiro atoms. The van der Waals surface area contributed by atoms with E-state index < -0.39 is 23.4 Å². The number of nitro benzene ring substituents is 1. The van der Waals surface area contributed by atoms with Gasteiger partial charge in [-0.25, -0.2) is 4.79 Å². The van der Waals surface area contributed by atoms with Crippen LogP contribution >= 0.6 is 22.6 Å². The Labute approximate surface area is 164 Å². The molecular formula is C18H17IN2O5. The van der Waals surface area contributed by atoms with E-state index in [0.29, 0.717) is 5.69 Å². The molecule has 7 nitrogen and oxygen atoms in total. The third kappa shape index (κ3) is 5.25. The number of anilines is 1. The Bertz CT molecular complexity index is 834. The van der Waals surface area contributed by atoms with Gasteiger partial charge in [0.2, 0.25) is 0 Å². The molecule has 0 atom stereocenters. The molecular weight excluding hydrogens is 451 g/mol. The van der Waals surface area contributed by atoms with E-state index in [9.17, 15) is 19.7 Å². The molecule has 2 aromatic rings. The van der Waals surface area contributed by atoms with E-state index in [4.69, 9.17) is 4.74 Å². The molecule has 0 radical (unpaired) electrons. The number of hydrogen-bond acceptors (Lipinski definition) is 5. The summed E-state index contributed by atoms with van der Waals surface area (Å²) in [4.78, 5) is 34.0.